The Labute approximate surface area is 116 Å². The smallest absolute Gasteiger partial charge is 0.235 e. The molecule has 3 nitrogen and oxygen atoms in total. The zero-order valence-electron chi connectivity index (χ0n) is 10.2. The van der Waals surface area contributed by atoms with Crippen LogP contribution in [-0.4, -0.2) is 4.92 Å². The summed E-state index contributed by atoms with van der Waals surface area (Å²) >= 11 is 7.57. The van der Waals surface area contributed by atoms with Crippen molar-refractivity contribution in [2.45, 2.75) is 25.2 Å². The van der Waals surface area contributed by atoms with Gasteiger partial charge in [0.2, 0.25) is 6.20 Å². The van der Waals surface area contributed by atoms with Gasteiger partial charge in [-0.25, -0.2) is 0 Å². The monoisotopic (exact) mass is 283 g/mol. The van der Waals surface area contributed by atoms with E-state index >= 15 is 0 Å². The minimum Gasteiger partial charge on any atom is -0.259 e. The lowest BCUT2D eigenvalue weighted by Crippen LogP contribution is -1.84. The molecule has 0 amide bonds. The number of hydrogen-bond acceptors (Lipinski definition) is 3. The first-order valence-electron chi connectivity index (χ1n) is 5.47. The van der Waals surface area contributed by atoms with Gasteiger partial charge in [0.05, 0.1) is 9.96 Å². The van der Waals surface area contributed by atoms with E-state index in [2.05, 4.69) is 0 Å². The van der Waals surface area contributed by atoms with E-state index in [4.69, 9.17) is 11.6 Å². The first kappa shape index (κ1) is 14.8. The molecule has 96 valence electrons. The number of thioether (sulfide) groups is 1. The molecular formula is C13H14ClNO2S. The van der Waals surface area contributed by atoms with Crippen LogP contribution in [0.15, 0.2) is 51.4 Å². The van der Waals surface area contributed by atoms with Gasteiger partial charge in [0.1, 0.15) is 0 Å². The SMILES string of the molecule is CC/C(Sc1ccc(C)cc1)=C(Cl)/C=C/[N+](=O)[O-]. The van der Waals surface area contributed by atoms with Gasteiger partial charge in [-0.2, -0.15) is 0 Å². The highest BCUT2D eigenvalue weighted by atomic mass is 35.5. The van der Waals surface area contributed by atoms with Crippen LogP contribution in [0.2, 0.25) is 0 Å². The van der Waals surface area contributed by atoms with Crippen LogP contribution < -0.4 is 0 Å². The molecule has 0 N–H and O–H groups in total. The summed E-state index contributed by atoms with van der Waals surface area (Å²) in [5, 5.41) is 10.7. The molecule has 0 aliphatic rings. The zero-order valence-corrected chi connectivity index (χ0v) is 11.8. The lowest BCUT2D eigenvalue weighted by Gasteiger charge is -2.06. The Morgan fingerprint density at radius 2 is 2.06 bits per heavy atom. The van der Waals surface area contributed by atoms with Gasteiger partial charge < -0.3 is 0 Å². The largest absolute Gasteiger partial charge is 0.259 e. The molecule has 0 aliphatic heterocycles. The predicted octanol–water partition coefficient (Wildman–Crippen LogP) is 4.74. The number of halogens is 1. The Morgan fingerprint density at radius 3 is 2.56 bits per heavy atom. The molecule has 1 rings (SSSR count). The van der Waals surface area contributed by atoms with Crippen molar-refractivity contribution in [3.05, 3.63) is 62.2 Å². The molecule has 18 heavy (non-hydrogen) atoms. The predicted molar refractivity (Wildman–Crippen MR) is 76.3 cm³/mol. The molecule has 5 heteroatoms. The van der Waals surface area contributed by atoms with Crippen LogP contribution in [0.5, 0.6) is 0 Å². The average Bonchev–Trinajstić information content (AvgIpc) is 2.35. The first-order chi connectivity index (χ1) is 8.52. The third kappa shape index (κ3) is 4.94. The van der Waals surface area contributed by atoms with Gasteiger partial charge >= 0.3 is 0 Å². The maximum Gasteiger partial charge on any atom is 0.235 e. The summed E-state index contributed by atoms with van der Waals surface area (Å²) in [6, 6.07) is 8.07. The van der Waals surface area contributed by atoms with Crippen LogP contribution in [0.25, 0.3) is 0 Å². The number of benzene rings is 1. The molecule has 0 saturated carbocycles. The van der Waals surface area contributed by atoms with E-state index in [9.17, 15) is 10.1 Å². The topological polar surface area (TPSA) is 43.1 Å². The number of aryl methyl sites for hydroxylation is 1. The summed E-state index contributed by atoms with van der Waals surface area (Å²) in [6.07, 6.45) is 2.91. The molecule has 1 aromatic rings. The van der Waals surface area contributed by atoms with E-state index in [1.807, 2.05) is 38.1 Å². The lowest BCUT2D eigenvalue weighted by molar-refractivity contribution is -0.402. The van der Waals surface area contributed by atoms with Crippen LogP contribution in [0.3, 0.4) is 0 Å². The van der Waals surface area contributed by atoms with Crippen molar-refractivity contribution in [1.82, 2.24) is 0 Å². The molecular weight excluding hydrogens is 270 g/mol. The maximum atomic E-state index is 10.2. The summed E-state index contributed by atoms with van der Waals surface area (Å²) in [5.74, 6) is 0. The van der Waals surface area contributed by atoms with Crippen LogP contribution in [0.1, 0.15) is 18.9 Å². The van der Waals surface area contributed by atoms with Gasteiger partial charge in [0.25, 0.3) is 0 Å². The summed E-state index contributed by atoms with van der Waals surface area (Å²) in [6.45, 7) is 4.00. The van der Waals surface area contributed by atoms with Gasteiger partial charge in [0, 0.05) is 15.9 Å². The second-order valence-corrected chi connectivity index (χ2v) is 5.22. The molecule has 0 unspecified atom stereocenters. The van der Waals surface area contributed by atoms with Crippen LogP contribution >= 0.6 is 23.4 Å². The molecule has 0 aromatic heterocycles. The standard InChI is InChI=1S/C13H14ClNO2S/c1-3-13(12(14)8-9-15(16)17)18-11-6-4-10(2)5-7-11/h4-9H,3H2,1-2H3/b9-8+,13-12+. The molecule has 0 aliphatic carbocycles. The number of hydrogen-bond donors (Lipinski definition) is 0. The van der Waals surface area contributed by atoms with E-state index in [0.717, 1.165) is 22.4 Å². The Hall–Kier alpha value is -1.26. The summed E-state index contributed by atoms with van der Waals surface area (Å²) < 4.78 is 0. The normalized spacial score (nSPS) is 12.6. The summed E-state index contributed by atoms with van der Waals surface area (Å²) in [7, 11) is 0. The Kier molecular flexibility index (Phi) is 5.95. The second kappa shape index (κ2) is 7.24. The van der Waals surface area contributed by atoms with E-state index in [-0.39, 0.29) is 0 Å². The van der Waals surface area contributed by atoms with Crippen molar-refractivity contribution >= 4 is 23.4 Å². The zero-order chi connectivity index (χ0) is 13.5. The third-order valence-electron chi connectivity index (χ3n) is 2.19. The molecule has 1 aromatic carbocycles. The summed E-state index contributed by atoms with van der Waals surface area (Å²) in [4.78, 5) is 11.7. The van der Waals surface area contributed by atoms with Gasteiger partial charge in [-0.3, -0.25) is 10.1 Å². The van der Waals surface area contributed by atoms with Gasteiger partial charge in [-0.05, 0) is 25.5 Å². The molecule has 0 bridgehead atoms. The fourth-order valence-corrected chi connectivity index (χ4v) is 2.43. The maximum absolute atomic E-state index is 10.2. The highest BCUT2D eigenvalue weighted by Crippen LogP contribution is 2.33. The van der Waals surface area contributed by atoms with E-state index < -0.39 is 4.92 Å². The van der Waals surface area contributed by atoms with Crippen molar-refractivity contribution in [2.24, 2.45) is 0 Å². The van der Waals surface area contributed by atoms with Crippen molar-refractivity contribution in [3.8, 4) is 0 Å². The van der Waals surface area contributed by atoms with Gasteiger partial charge in [0.15, 0.2) is 0 Å². The van der Waals surface area contributed by atoms with Crippen molar-refractivity contribution < 1.29 is 4.92 Å². The van der Waals surface area contributed by atoms with Crippen molar-refractivity contribution in [1.29, 1.82) is 0 Å². The van der Waals surface area contributed by atoms with E-state index in [1.54, 1.807) is 0 Å². The van der Waals surface area contributed by atoms with Gasteiger partial charge in [-0.1, -0.05) is 48.0 Å². The van der Waals surface area contributed by atoms with Crippen LogP contribution in [0.4, 0.5) is 0 Å². The third-order valence-corrected chi connectivity index (χ3v) is 3.92. The Morgan fingerprint density at radius 1 is 1.44 bits per heavy atom. The molecule has 0 spiro atoms. The van der Waals surface area contributed by atoms with Crippen molar-refractivity contribution in [3.63, 3.8) is 0 Å². The van der Waals surface area contributed by atoms with Crippen LogP contribution in [-0.2, 0) is 0 Å². The average molecular weight is 284 g/mol. The highest BCUT2D eigenvalue weighted by molar-refractivity contribution is 8.03. The number of nitrogens with zero attached hydrogens (tertiary/aromatic N) is 1. The molecule has 0 radical (unpaired) electrons. The van der Waals surface area contributed by atoms with Gasteiger partial charge in [-0.15, -0.1) is 0 Å². The number of rotatable bonds is 5. The number of nitro groups is 1. The highest BCUT2D eigenvalue weighted by Gasteiger charge is 2.04. The first-order valence-corrected chi connectivity index (χ1v) is 6.67. The fraction of sp³-hybridized carbons (Fsp3) is 0.231. The lowest BCUT2D eigenvalue weighted by atomic mass is 10.2. The minimum atomic E-state index is -0.522. The molecule has 0 atom stereocenters. The minimum absolute atomic E-state index is 0.416. The molecule has 0 saturated heterocycles. The quantitative estimate of drug-likeness (QED) is 0.339. The Bertz CT molecular complexity index is 480. The van der Waals surface area contributed by atoms with E-state index in [1.165, 1.54) is 23.4 Å². The second-order valence-electron chi connectivity index (χ2n) is 3.64. The summed E-state index contributed by atoms with van der Waals surface area (Å²) in [5.41, 5.74) is 1.20. The molecule has 0 fully saturated rings. The van der Waals surface area contributed by atoms with Crippen molar-refractivity contribution in [2.75, 3.05) is 0 Å². The van der Waals surface area contributed by atoms with E-state index in [0.29, 0.717) is 5.03 Å². The van der Waals surface area contributed by atoms with Crippen LogP contribution in [0, 0.1) is 17.0 Å². The Balaban J connectivity index is 2.86. The fourth-order valence-electron chi connectivity index (χ4n) is 1.26. The number of allylic oxidation sites excluding steroid dienone is 3. The molecule has 0 heterocycles.